The van der Waals surface area contributed by atoms with E-state index in [0.29, 0.717) is 6.61 Å². The average molecular weight is 361 g/mol. The molecule has 0 fully saturated rings. The molecule has 0 aliphatic carbocycles. The maximum atomic E-state index is 12.1. The summed E-state index contributed by atoms with van der Waals surface area (Å²) >= 11 is 0. The molecule has 0 spiro atoms. The third-order valence-electron chi connectivity index (χ3n) is 4.25. The zero-order chi connectivity index (χ0) is 19.2. The predicted molar refractivity (Wildman–Crippen MR) is 108 cm³/mol. The van der Waals surface area contributed by atoms with E-state index < -0.39 is 0 Å². The molecule has 0 unspecified atom stereocenters. The molecule has 0 aliphatic heterocycles. The van der Waals surface area contributed by atoms with Crippen LogP contribution in [0.4, 0.5) is 5.69 Å². The van der Waals surface area contributed by atoms with Crippen molar-refractivity contribution in [3.05, 3.63) is 83.4 Å². The Hall–Kier alpha value is -3.34. The van der Waals surface area contributed by atoms with Crippen molar-refractivity contribution in [1.82, 2.24) is 9.55 Å². The van der Waals surface area contributed by atoms with Crippen molar-refractivity contribution < 1.29 is 9.53 Å². The highest BCUT2D eigenvalue weighted by atomic mass is 16.5. The number of carbonyl (C=O) groups excluding carboxylic acids is 1. The summed E-state index contributed by atoms with van der Waals surface area (Å²) in [6.45, 7) is 4.49. The van der Waals surface area contributed by atoms with Crippen LogP contribution in [0.25, 0.3) is 6.08 Å². The van der Waals surface area contributed by atoms with E-state index in [1.165, 1.54) is 5.56 Å². The fraction of sp³-hybridized carbons (Fsp3) is 0.182. The van der Waals surface area contributed by atoms with Gasteiger partial charge in [-0.05, 0) is 55.3 Å². The summed E-state index contributed by atoms with van der Waals surface area (Å²) in [5.41, 5.74) is 4.11. The van der Waals surface area contributed by atoms with Gasteiger partial charge in [0.25, 0.3) is 0 Å². The fourth-order valence-corrected chi connectivity index (χ4v) is 2.68. The first-order valence-corrected chi connectivity index (χ1v) is 8.76. The number of nitrogens with one attached hydrogen (secondary N) is 1. The van der Waals surface area contributed by atoms with Crippen LogP contribution in [0.5, 0.6) is 5.75 Å². The smallest absolute Gasteiger partial charge is 0.248 e. The number of hydrogen-bond acceptors (Lipinski definition) is 3. The number of anilines is 1. The molecule has 1 N–H and O–H groups in total. The molecule has 5 nitrogen and oxygen atoms in total. The molecule has 0 atom stereocenters. The Morgan fingerprint density at radius 1 is 1.19 bits per heavy atom. The first-order valence-electron chi connectivity index (χ1n) is 8.76. The Morgan fingerprint density at radius 2 is 1.96 bits per heavy atom. The molecule has 0 saturated heterocycles. The third-order valence-corrected chi connectivity index (χ3v) is 4.25. The highest BCUT2D eigenvalue weighted by molar-refractivity contribution is 6.02. The summed E-state index contributed by atoms with van der Waals surface area (Å²) in [5.74, 6) is 1.40. The lowest BCUT2D eigenvalue weighted by Gasteiger charge is -2.08. The standard InChI is InChI=1S/C22H23N3O2/c1-16-4-5-18(17(2)14-16)6-11-22(26)24-19-7-9-20(10-8-19)27-15-21-23-12-13-25(21)3/h4-14H,15H2,1-3H3,(H,24,26)/b11-6+. The van der Waals surface area contributed by atoms with Crippen LogP contribution in [0.15, 0.2) is 60.9 Å². The number of carbonyl (C=O) groups is 1. The van der Waals surface area contributed by atoms with Gasteiger partial charge in [-0.15, -0.1) is 0 Å². The minimum absolute atomic E-state index is 0.170. The highest BCUT2D eigenvalue weighted by Crippen LogP contribution is 2.17. The van der Waals surface area contributed by atoms with Crippen molar-refractivity contribution in [2.24, 2.45) is 7.05 Å². The summed E-state index contributed by atoms with van der Waals surface area (Å²) in [6, 6.07) is 13.4. The van der Waals surface area contributed by atoms with Gasteiger partial charge in [-0.1, -0.05) is 23.8 Å². The summed E-state index contributed by atoms with van der Waals surface area (Å²) in [4.78, 5) is 16.3. The number of benzene rings is 2. The normalized spacial score (nSPS) is 10.9. The lowest BCUT2D eigenvalue weighted by Crippen LogP contribution is -2.07. The molecule has 0 bridgehead atoms. The van der Waals surface area contributed by atoms with E-state index in [2.05, 4.69) is 23.3 Å². The first-order chi connectivity index (χ1) is 13.0. The van der Waals surface area contributed by atoms with Crippen LogP contribution in [0, 0.1) is 13.8 Å². The second kappa shape index (κ2) is 8.36. The average Bonchev–Trinajstić information content (AvgIpc) is 3.05. The van der Waals surface area contributed by atoms with Crippen molar-refractivity contribution >= 4 is 17.7 Å². The van der Waals surface area contributed by atoms with Crippen LogP contribution >= 0.6 is 0 Å². The van der Waals surface area contributed by atoms with Crippen LogP contribution in [0.3, 0.4) is 0 Å². The second-order valence-electron chi connectivity index (χ2n) is 6.45. The summed E-state index contributed by atoms with van der Waals surface area (Å²) in [7, 11) is 1.93. The third kappa shape index (κ3) is 5.07. The monoisotopic (exact) mass is 361 g/mol. The van der Waals surface area contributed by atoms with Gasteiger partial charge in [0.2, 0.25) is 5.91 Å². The maximum Gasteiger partial charge on any atom is 0.248 e. The van der Waals surface area contributed by atoms with Gasteiger partial charge in [-0.3, -0.25) is 4.79 Å². The first kappa shape index (κ1) is 18.5. The van der Waals surface area contributed by atoms with Gasteiger partial charge in [0.1, 0.15) is 18.2 Å². The van der Waals surface area contributed by atoms with Crippen molar-refractivity contribution in [3.63, 3.8) is 0 Å². The van der Waals surface area contributed by atoms with E-state index in [-0.39, 0.29) is 5.91 Å². The molecule has 0 aliphatic rings. The number of aromatic nitrogens is 2. The fourth-order valence-electron chi connectivity index (χ4n) is 2.68. The van der Waals surface area contributed by atoms with E-state index in [4.69, 9.17) is 4.74 Å². The molecule has 5 heteroatoms. The van der Waals surface area contributed by atoms with Gasteiger partial charge in [0.15, 0.2) is 0 Å². The Kier molecular flexibility index (Phi) is 5.71. The molecule has 27 heavy (non-hydrogen) atoms. The summed E-state index contributed by atoms with van der Waals surface area (Å²) in [6.07, 6.45) is 6.99. The van der Waals surface area contributed by atoms with Crippen LogP contribution in [0.2, 0.25) is 0 Å². The van der Waals surface area contributed by atoms with E-state index in [9.17, 15) is 4.79 Å². The van der Waals surface area contributed by atoms with Gasteiger partial charge < -0.3 is 14.6 Å². The zero-order valence-corrected chi connectivity index (χ0v) is 15.8. The molecule has 138 valence electrons. The largest absolute Gasteiger partial charge is 0.486 e. The van der Waals surface area contributed by atoms with Crippen molar-refractivity contribution in [2.45, 2.75) is 20.5 Å². The molecule has 3 aromatic rings. The van der Waals surface area contributed by atoms with Gasteiger partial charge in [0, 0.05) is 31.2 Å². The minimum Gasteiger partial charge on any atom is -0.486 e. The number of nitrogens with zero attached hydrogens (tertiary/aromatic N) is 2. The van der Waals surface area contributed by atoms with Crippen molar-refractivity contribution in [2.75, 3.05) is 5.32 Å². The number of rotatable bonds is 6. The number of ether oxygens (including phenoxy) is 1. The molecule has 0 radical (unpaired) electrons. The van der Waals surface area contributed by atoms with E-state index in [1.54, 1.807) is 12.3 Å². The molecular weight excluding hydrogens is 338 g/mol. The molecule has 2 aromatic carbocycles. The van der Waals surface area contributed by atoms with Crippen molar-refractivity contribution in [3.8, 4) is 5.75 Å². The Labute approximate surface area is 159 Å². The minimum atomic E-state index is -0.170. The van der Waals surface area contributed by atoms with Crippen LogP contribution in [0.1, 0.15) is 22.5 Å². The van der Waals surface area contributed by atoms with Crippen LogP contribution < -0.4 is 10.1 Å². The van der Waals surface area contributed by atoms with Gasteiger partial charge >= 0.3 is 0 Å². The summed E-state index contributed by atoms with van der Waals surface area (Å²) < 4.78 is 7.62. The van der Waals surface area contributed by atoms with Gasteiger partial charge in [-0.25, -0.2) is 4.98 Å². The number of amides is 1. The number of imidazole rings is 1. The second-order valence-corrected chi connectivity index (χ2v) is 6.45. The number of aryl methyl sites for hydroxylation is 3. The van der Waals surface area contributed by atoms with Crippen LogP contribution in [-0.4, -0.2) is 15.5 Å². The topological polar surface area (TPSA) is 56.1 Å². The Balaban J connectivity index is 1.55. The quantitative estimate of drug-likeness (QED) is 0.667. The van der Waals surface area contributed by atoms with Crippen molar-refractivity contribution in [1.29, 1.82) is 0 Å². The zero-order valence-electron chi connectivity index (χ0n) is 15.8. The maximum absolute atomic E-state index is 12.1. The molecule has 1 amide bonds. The van der Waals surface area contributed by atoms with Crippen LogP contribution in [-0.2, 0) is 18.4 Å². The molecule has 0 saturated carbocycles. The van der Waals surface area contributed by atoms with E-state index in [1.807, 2.05) is 67.2 Å². The Morgan fingerprint density at radius 3 is 2.63 bits per heavy atom. The van der Waals surface area contributed by atoms with E-state index >= 15 is 0 Å². The SMILES string of the molecule is Cc1ccc(/C=C/C(=O)Nc2ccc(OCc3nccn3C)cc2)c(C)c1. The molecule has 3 rings (SSSR count). The molecule has 1 heterocycles. The molecular formula is C22H23N3O2. The highest BCUT2D eigenvalue weighted by Gasteiger charge is 2.03. The summed E-state index contributed by atoms with van der Waals surface area (Å²) in [5, 5.41) is 2.85. The Bertz CT molecular complexity index is 956. The lowest BCUT2D eigenvalue weighted by molar-refractivity contribution is -0.111. The van der Waals surface area contributed by atoms with Gasteiger partial charge in [0.05, 0.1) is 0 Å². The predicted octanol–water partition coefficient (Wildman–Crippen LogP) is 4.27. The number of hydrogen-bond donors (Lipinski definition) is 1. The lowest BCUT2D eigenvalue weighted by atomic mass is 10.1. The van der Waals surface area contributed by atoms with E-state index in [0.717, 1.165) is 28.4 Å². The van der Waals surface area contributed by atoms with Gasteiger partial charge in [-0.2, -0.15) is 0 Å². The molecule has 1 aromatic heterocycles.